The second kappa shape index (κ2) is 12.8. The number of nitrogen functional groups attached to an aromatic ring is 2. The van der Waals surface area contributed by atoms with Crippen molar-refractivity contribution in [2.24, 2.45) is 0 Å². The van der Waals surface area contributed by atoms with Crippen LogP contribution in [0.2, 0.25) is 0 Å². The zero-order chi connectivity index (χ0) is 31.9. The summed E-state index contributed by atoms with van der Waals surface area (Å²) in [5.41, 5.74) is 10.8. The summed E-state index contributed by atoms with van der Waals surface area (Å²) >= 11 is 0. The molecular formula is C22H27F2N8O11P. The summed E-state index contributed by atoms with van der Waals surface area (Å²) < 4.78 is 45.2. The second-order valence-electron chi connectivity index (χ2n) is 9.56. The Hall–Kier alpha value is -3.63. The fourth-order valence-corrected chi connectivity index (χ4v) is 4.88. The molecule has 2 fully saturated rings. The maximum absolute atomic E-state index is 14.1. The molecule has 4 aromatic rings. The van der Waals surface area contributed by atoms with Gasteiger partial charge in [-0.1, -0.05) is 0 Å². The number of halogens is 2. The minimum Gasteiger partial charge on any atom is -0.394 e. The van der Waals surface area contributed by atoms with E-state index in [2.05, 4.69) is 29.5 Å². The minimum atomic E-state index is -2.30. The Morgan fingerprint density at radius 1 is 0.909 bits per heavy atom. The summed E-state index contributed by atoms with van der Waals surface area (Å²) in [4.78, 5) is 49.6. The number of anilines is 2. The molecule has 44 heavy (non-hydrogen) atoms. The lowest BCUT2D eigenvalue weighted by atomic mass is 10.1. The van der Waals surface area contributed by atoms with Crippen molar-refractivity contribution in [2.75, 3.05) is 24.4 Å². The van der Waals surface area contributed by atoms with Gasteiger partial charge in [0.25, 0.3) is 11.1 Å². The van der Waals surface area contributed by atoms with Crippen LogP contribution in [0.25, 0.3) is 22.1 Å². The van der Waals surface area contributed by atoms with E-state index in [1.54, 1.807) is 0 Å². The third kappa shape index (κ3) is 5.89. The molecule has 19 nitrogen and oxygen atoms in total. The van der Waals surface area contributed by atoms with Crippen molar-refractivity contribution < 1.29 is 53.1 Å². The Kier molecular flexibility index (Phi) is 9.23. The number of aromatic amines is 2. The smallest absolute Gasteiger partial charge is 0.277 e. The van der Waals surface area contributed by atoms with Gasteiger partial charge in [-0.25, -0.2) is 18.7 Å². The summed E-state index contributed by atoms with van der Waals surface area (Å²) in [6.07, 6.45) is -10.2. The van der Waals surface area contributed by atoms with Crippen molar-refractivity contribution in [3.63, 3.8) is 0 Å². The number of aromatic nitrogens is 6. The van der Waals surface area contributed by atoms with Crippen LogP contribution >= 0.6 is 8.38 Å². The predicted molar refractivity (Wildman–Crippen MR) is 145 cm³/mol. The minimum absolute atomic E-state index is 0.0372. The highest BCUT2D eigenvalue weighted by molar-refractivity contribution is 7.45. The van der Waals surface area contributed by atoms with Gasteiger partial charge in [0, 0.05) is 12.1 Å². The fraction of sp³-hybridized carbons (Fsp3) is 0.455. The van der Waals surface area contributed by atoms with E-state index in [1.807, 2.05) is 0 Å². The Labute approximate surface area is 244 Å². The summed E-state index contributed by atoms with van der Waals surface area (Å²) in [7, 11) is -2.30. The maximum atomic E-state index is 14.1. The number of hydrogen-bond acceptors (Lipinski definition) is 15. The molecule has 0 amide bonds. The predicted octanol–water partition coefficient (Wildman–Crippen LogP) is -2.04. The zero-order valence-corrected chi connectivity index (χ0v) is 23.1. The van der Waals surface area contributed by atoms with Crippen molar-refractivity contribution >= 4 is 42.1 Å². The number of nitrogens with one attached hydrogen (secondary N) is 2. The number of fused-ring (bicyclic) bond motifs is 2. The van der Waals surface area contributed by atoms with Crippen molar-refractivity contribution in [1.29, 1.82) is 0 Å². The van der Waals surface area contributed by atoms with Crippen LogP contribution in [0.15, 0.2) is 34.4 Å². The van der Waals surface area contributed by atoms with Gasteiger partial charge >= 0.3 is 0 Å². The standard InChI is InChI=1S/C11H14FN4O7P.C11H13FN4O4/c12-6-8(18)10(21-11(6)22-23-24(20)3-17)16-2-14-7-4(16)1-5(13)15-9(7)19;12-7-5(2-17)20-11(9(7)18)16-3-14-8-4(16)1-6(13)15-10(8)19/h1-2,6,8,10-11,17-18,20H,3H2,(H3,13,15,19);1,3,5,7,9,11,17-18H,2H2,(H3,13,15,19)/t6-,8?,10-,11-,24?;5-,7+,9?,11-/m11/s1. The molecule has 3 unspecified atom stereocenters. The van der Waals surface area contributed by atoms with E-state index in [0.29, 0.717) is 5.52 Å². The van der Waals surface area contributed by atoms with E-state index >= 15 is 0 Å². The first-order chi connectivity index (χ1) is 20.9. The largest absolute Gasteiger partial charge is 0.394 e. The van der Waals surface area contributed by atoms with Crippen LogP contribution in [0.1, 0.15) is 12.5 Å². The maximum Gasteiger partial charge on any atom is 0.277 e. The first kappa shape index (κ1) is 31.8. The van der Waals surface area contributed by atoms with Gasteiger partial charge in [-0.15, -0.1) is 0 Å². The van der Waals surface area contributed by atoms with E-state index in [0.717, 1.165) is 0 Å². The van der Waals surface area contributed by atoms with Crippen LogP contribution in [0.5, 0.6) is 0 Å². The molecular weight excluding hydrogens is 621 g/mol. The number of nitrogens with zero attached hydrogens (tertiary/aromatic N) is 4. The number of hydrogen-bond donors (Lipinski definition) is 9. The van der Waals surface area contributed by atoms with Crippen LogP contribution in [0, 0.1) is 0 Å². The highest BCUT2D eigenvalue weighted by Gasteiger charge is 2.48. The molecule has 0 aromatic carbocycles. The van der Waals surface area contributed by atoms with Crippen LogP contribution in [0.3, 0.4) is 0 Å². The Bertz CT molecular complexity index is 1740. The third-order valence-corrected chi connectivity index (χ3v) is 7.21. The van der Waals surface area contributed by atoms with Gasteiger partial charge in [0.15, 0.2) is 35.8 Å². The van der Waals surface area contributed by atoms with Gasteiger partial charge in [0.1, 0.15) is 36.3 Å². The molecule has 0 aliphatic carbocycles. The van der Waals surface area contributed by atoms with E-state index < -0.39 is 81.8 Å². The highest BCUT2D eigenvalue weighted by atomic mass is 31.2. The van der Waals surface area contributed by atoms with Crippen LogP contribution < -0.4 is 22.6 Å². The number of rotatable bonds is 7. The molecule has 2 aliphatic heterocycles. The SMILES string of the molecule is Nc1cc2c(ncn2[C@@H]2O[C@H](CO)[C@H](F)C2O)c(=O)[nH]1.Nc1cc2c(ncn2[C@@H]2O[C@H](OOP(O)CO)[C@H](F)C2O)c(=O)[nH]1. The molecule has 6 heterocycles. The average Bonchev–Trinajstić information content (AvgIpc) is 3.74. The number of pyridine rings is 2. The number of H-pyrrole nitrogens is 2. The first-order valence-electron chi connectivity index (χ1n) is 12.6. The third-order valence-electron chi connectivity index (χ3n) is 6.71. The summed E-state index contributed by atoms with van der Waals surface area (Å²) in [6.45, 7) is -0.552. The van der Waals surface area contributed by atoms with Crippen LogP contribution in [0.4, 0.5) is 20.4 Å². The van der Waals surface area contributed by atoms with E-state index in [9.17, 15) is 28.6 Å². The van der Waals surface area contributed by atoms with Crippen LogP contribution in [-0.2, 0) is 19.0 Å². The van der Waals surface area contributed by atoms with Crippen LogP contribution in [-0.4, -0.2) is 104 Å². The van der Waals surface area contributed by atoms with Gasteiger partial charge in [-0.05, 0) is 0 Å². The molecule has 22 heteroatoms. The monoisotopic (exact) mass is 648 g/mol. The molecule has 0 saturated carbocycles. The second-order valence-corrected chi connectivity index (χ2v) is 10.7. The Morgan fingerprint density at radius 2 is 1.41 bits per heavy atom. The number of alkyl halides is 2. The van der Waals surface area contributed by atoms with Gasteiger partial charge in [0.05, 0.1) is 30.3 Å². The van der Waals surface area contributed by atoms with E-state index in [1.165, 1.54) is 33.9 Å². The van der Waals surface area contributed by atoms with Gasteiger partial charge < -0.3 is 65.4 Å². The quantitative estimate of drug-likeness (QED) is 0.0592. The normalized spacial score (nSPS) is 29.2. The van der Waals surface area contributed by atoms with Gasteiger partial charge in [-0.3, -0.25) is 9.59 Å². The van der Waals surface area contributed by atoms with Gasteiger partial charge in [-0.2, -0.15) is 9.56 Å². The molecule has 2 saturated heterocycles. The van der Waals surface area contributed by atoms with Gasteiger partial charge in [0.2, 0.25) is 14.7 Å². The Balaban J connectivity index is 0.000000177. The molecule has 0 bridgehead atoms. The molecule has 9 atom stereocenters. The highest BCUT2D eigenvalue weighted by Crippen LogP contribution is 2.37. The lowest BCUT2D eigenvalue weighted by Crippen LogP contribution is -2.29. The van der Waals surface area contributed by atoms with Crippen molar-refractivity contribution in [1.82, 2.24) is 29.1 Å². The summed E-state index contributed by atoms with van der Waals surface area (Å²) in [5, 5.41) is 37.5. The molecule has 240 valence electrons. The molecule has 4 aromatic heterocycles. The average molecular weight is 648 g/mol. The molecule has 0 spiro atoms. The number of aliphatic hydroxyl groups is 4. The van der Waals surface area contributed by atoms with Crippen molar-refractivity contribution in [3.05, 3.63) is 45.5 Å². The van der Waals surface area contributed by atoms with Crippen molar-refractivity contribution in [3.8, 4) is 0 Å². The Morgan fingerprint density at radius 3 is 1.89 bits per heavy atom. The summed E-state index contributed by atoms with van der Waals surface area (Å²) in [5.74, 6) is 0.177. The fourth-order valence-electron chi connectivity index (χ4n) is 4.65. The summed E-state index contributed by atoms with van der Waals surface area (Å²) in [6, 6.07) is 2.83. The van der Waals surface area contributed by atoms with E-state index in [-0.39, 0.29) is 28.2 Å². The topological polar surface area (TPSA) is 291 Å². The number of ether oxygens (including phenoxy) is 2. The number of imidazole rings is 2. The first-order valence-corrected chi connectivity index (χ1v) is 14.0. The molecule has 0 radical (unpaired) electrons. The van der Waals surface area contributed by atoms with Crippen molar-refractivity contribution in [2.45, 2.75) is 49.4 Å². The zero-order valence-electron chi connectivity index (χ0n) is 22.2. The number of aliphatic hydroxyl groups excluding tert-OH is 4. The number of nitrogens with two attached hydrogens (primary N) is 2. The lowest BCUT2D eigenvalue weighted by molar-refractivity contribution is -0.327. The molecule has 11 N–H and O–H groups in total. The molecule has 6 rings (SSSR count). The van der Waals surface area contributed by atoms with E-state index in [4.69, 9.17) is 36.0 Å². The molecule has 2 aliphatic rings. The lowest BCUT2D eigenvalue weighted by Gasteiger charge is -2.16.